The molecule has 0 unspecified atom stereocenters. The SMILES string of the molecule is CCc1sc(S(=O)(=O)NC(=O)Nc2nc3ccc(OC)nc3s2)cc1C. The van der Waals surface area contributed by atoms with Gasteiger partial charge < -0.3 is 4.74 Å². The lowest BCUT2D eigenvalue weighted by Crippen LogP contribution is -2.33. The summed E-state index contributed by atoms with van der Waals surface area (Å²) in [7, 11) is -2.43. The summed E-state index contributed by atoms with van der Waals surface area (Å²) < 4.78 is 31.9. The fourth-order valence-electron chi connectivity index (χ4n) is 2.23. The van der Waals surface area contributed by atoms with Crippen molar-refractivity contribution in [3.8, 4) is 5.88 Å². The van der Waals surface area contributed by atoms with Gasteiger partial charge in [0.05, 0.1) is 7.11 Å². The van der Waals surface area contributed by atoms with Gasteiger partial charge in [-0.1, -0.05) is 18.3 Å². The van der Waals surface area contributed by atoms with Crippen LogP contribution in [0, 0.1) is 6.92 Å². The molecular formula is C15H16N4O4S3. The maximum Gasteiger partial charge on any atom is 0.334 e. The Morgan fingerprint density at radius 2 is 2.04 bits per heavy atom. The number of carbonyl (C=O) groups excluding carboxylic acids is 1. The third-order valence-electron chi connectivity index (χ3n) is 3.47. The van der Waals surface area contributed by atoms with Gasteiger partial charge in [0.1, 0.15) is 14.6 Å². The second kappa shape index (κ2) is 7.17. The van der Waals surface area contributed by atoms with Gasteiger partial charge in [-0.25, -0.2) is 27.9 Å². The van der Waals surface area contributed by atoms with Crippen molar-refractivity contribution < 1.29 is 17.9 Å². The predicted octanol–water partition coefficient (Wildman–Crippen LogP) is 3.14. The molecule has 11 heteroatoms. The van der Waals surface area contributed by atoms with Gasteiger partial charge in [0.2, 0.25) is 5.88 Å². The smallest absolute Gasteiger partial charge is 0.334 e. The first-order valence-corrected chi connectivity index (χ1v) is 10.7. The van der Waals surface area contributed by atoms with Crippen molar-refractivity contribution in [1.82, 2.24) is 14.7 Å². The van der Waals surface area contributed by atoms with Crippen LogP contribution in [0.25, 0.3) is 10.3 Å². The van der Waals surface area contributed by atoms with E-state index in [0.717, 1.165) is 39.5 Å². The van der Waals surface area contributed by atoms with Crippen molar-refractivity contribution in [1.29, 1.82) is 0 Å². The predicted molar refractivity (Wildman–Crippen MR) is 102 cm³/mol. The molecule has 0 aliphatic rings. The molecule has 3 aromatic rings. The fraction of sp³-hybridized carbons (Fsp3) is 0.267. The number of methoxy groups -OCH3 is 1. The van der Waals surface area contributed by atoms with Crippen molar-refractivity contribution in [3.05, 3.63) is 28.6 Å². The van der Waals surface area contributed by atoms with Gasteiger partial charge in [-0.3, -0.25) is 5.32 Å². The maximum absolute atomic E-state index is 12.4. The number of urea groups is 1. The molecule has 3 aromatic heterocycles. The molecule has 2 amide bonds. The van der Waals surface area contributed by atoms with Gasteiger partial charge >= 0.3 is 6.03 Å². The molecule has 0 bridgehead atoms. The summed E-state index contributed by atoms with van der Waals surface area (Å²) in [5.41, 5.74) is 1.47. The Labute approximate surface area is 158 Å². The van der Waals surface area contributed by atoms with Gasteiger partial charge in [-0.05, 0) is 31.0 Å². The largest absolute Gasteiger partial charge is 0.481 e. The summed E-state index contributed by atoms with van der Waals surface area (Å²) in [6.07, 6.45) is 0.736. The number of anilines is 1. The molecule has 0 radical (unpaired) electrons. The number of amides is 2. The number of ether oxygens (including phenoxy) is 1. The monoisotopic (exact) mass is 412 g/mol. The van der Waals surface area contributed by atoms with Gasteiger partial charge in [0.15, 0.2) is 5.13 Å². The van der Waals surface area contributed by atoms with Crippen LogP contribution in [0.4, 0.5) is 9.93 Å². The molecule has 0 aliphatic heterocycles. The van der Waals surface area contributed by atoms with Gasteiger partial charge in [0, 0.05) is 10.9 Å². The first-order valence-electron chi connectivity index (χ1n) is 7.57. The van der Waals surface area contributed by atoms with E-state index in [1.165, 1.54) is 7.11 Å². The number of sulfonamides is 1. The number of thiophene rings is 1. The number of hydrogen-bond acceptors (Lipinski definition) is 8. The highest BCUT2D eigenvalue weighted by molar-refractivity contribution is 7.92. The van der Waals surface area contributed by atoms with Crippen LogP contribution >= 0.6 is 22.7 Å². The standard InChI is InChI=1S/C15H16N4O4S3/c1-4-10-8(2)7-12(24-10)26(21,22)19-14(20)18-15-16-9-5-6-11(23-3)17-13(9)25-15/h5-7H,4H2,1-3H3,(H2,16,18,19,20). The van der Waals surface area contributed by atoms with Crippen molar-refractivity contribution in [2.45, 2.75) is 24.5 Å². The second-order valence-corrected chi connectivity index (χ2v) is 9.31. The van der Waals surface area contributed by atoms with Gasteiger partial charge in [-0.2, -0.15) is 0 Å². The number of aromatic nitrogens is 2. The molecule has 3 rings (SSSR count). The summed E-state index contributed by atoms with van der Waals surface area (Å²) in [6, 6.07) is 4.05. The third kappa shape index (κ3) is 3.79. The molecule has 0 saturated carbocycles. The number of nitrogens with zero attached hydrogens (tertiary/aromatic N) is 2. The lowest BCUT2D eigenvalue weighted by atomic mass is 10.2. The Bertz CT molecular complexity index is 1070. The Morgan fingerprint density at radius 1 is 1.27 bits per heavy atom. The number of hydrogen-bond donors (Lipinski definition) is 2. The molecule has 0 fully saturated rings. The summed E-state index contributed by atoms with van der Waals surface area (Å²) >= 11 is 2.28. The maximum atomic E-state index is 12.4. The second-order valence-electron chi connectivity index (χ2n) is 5.28. The van der Waals surface area contributed by atoms with Crippen LogP contribution in [0.2, 0.25) is 0 Å². The van der Waals surface area contributed by atoms with E-state index in [9.17, 15) is 13.2 Å². The number of carbonyl (C=O) groups is 1. The highest BCUT2D eigenvalue weighted by Crippen LogP contribution is 2.27. The number of pyridine rings is 1. The van der Waals surface area contributed by atoms with Crippen LogP contribution in [-0.4, -0.2) is 31.5 Å². The fourth-order valence-corrected chi connectivity index (χ4v) is 5.50. The minimum absolute atomic E-state index is 0.109. The Kier molecular flexibility index (Phi) is 5.12. The third-order valence-corrected chi connectivity index (χ3v) is 7.54. The summed E-state index contributed by atoms with van der Waals surface area (Å²) in [4.78, 5) is 22.0. The van der Waals surface area contributed by atoms with Crippen molar-refractivity contribution in [3.63, 3.8) is 0 Å². The van der Waals surface area contributed by atoms with Crippen molar-refractivity contribution in [2.24, 2.45) is 0 Å². The van der Waals surface area contributed by atoms with Crippen LogP contribution in [-0.2, 0) is 16.4 Å². The zero-order chi connectivity index (χ0) is 18.9. The van der Waals surface area contributed by atoms with E-state index >= 15 is 0 Å². The number of aryl methyl sites for hydroxylation is 2. The van der Waals surface area contributed by atoms with E-state index in [1.54, 1.807) is 18.2 Å². The molecule has 138 valence electrons. The first-order chi connectivity index (χ1) is 12.3. The first kappa shape index (κ1) is 18.5. The zero-order valence-corrected chi connectivity index (χ0v) is 16.6. The average Bonchev–Trinajstić information content (AvgIpc) is 3.16. The Hall–Kier alpha value is -2.24. The normalized spacial score (nSPS) is 11.5. The quantitative estimate of drug-likeness (QED) is 0.666. The molecule has 0 saturated heterocycles. The lowest BCUT2D eigenvalue weighted by molar-refractivity contribution is 0.256. The minimum Gasteiger partial charge on any atom is -0.481 e. The molecule has 26 heavy (non-hydrogen) atoms. The zero-order valence-electron chi connectivity index (χ0n) is 14.2. The highest BCUT2D eigenvalue weighted by Gasteiger charge is 2.22. The van der Waals surface area contributed by atoms with E-state index in [1.807, 2.05) is 18.6 Å². The molecule has 2 N–H and O–H groups in total. The molecule has 3 heterocycles. The van der Waals surface area contributed by atoms with Crippen LogP contribution < -0.4 is 14.8 Å². The summed E-state index contributed by atoms with van der Waals surface area (Å²) in [5.74, 6) is 0.430. The minimum atomic E-state index is -3.93. The molecule has 0 spiro atoms. The van der Waals surface area contributed by atoms with E-state index in [2.05, 4.69) is 15.3 Å². The summed E-state index contributed by atoms with van der Waals surface area (Å²) in [6.45, 7) is 3.79. The molecule has 0 aliphatic carbocycles. The Morgan fingerprint density at radius 3 is 2.69 bits per heavy atom. The number of thiazole rings is 1. The highest BCUT2D eigenvalue weighted by atomic mass is 32.2. The lowest BCUT2D eigenvalue weighted by Gasteiger charge is -2.04. The van der Waals surface area contributed by atoms with Crippen LogP contribution in [0.5, 0.6) is 5.88 Å². The summed E-state index contributed by atoms with van der Waals surface area (Å²) in [5, 5.41) is 2.67. The molecule has 0 atom stereocenters. The van der Waals surface area contributed by atoms with Gasteiger partial charge in [0.25, 0.3) is 10.0 Å². The van der Waals surface area contributed by atoms with Gasteiger partial charge in [-0.15, -0.1) is 11.3 Å². The van der Waals surface area contributed by atoms with E-state index < -0.39 is 16.1 Å². The topological polar surface area (TPSA) is 110 Å². The van der Waals surface area contributed by atoms with Crippen LogP contribution in [0.3, 0.4) is 0 Å². The van der Waals surface area contributed by atoms with E-state index in [4.69, 9.17) is 4.74 Å². The number of rotatable bonds is 5. The molecule has 8 nitrogen and oxygen atoms in total. The molecular weight excluding hydrogens is 396 g/mol. The average molecular weight is 413 g/mol. The Balaban J connectivity index is 1.75. The van der Waals surface area contributed by atoms with E-state index in [0.29, 0.717) is 16.2 Å². The van der Waals surface area contributed by atoms with Crippen molar-refractivity contribution in [2.75, 3.05) is 12.4 Å². The van der Waals surface area contributed by atoms with Crippen LogP contribution in [0.1, 0.15) is 17.4 Å². The number of fused-ring (bicyclic) bond motifs is 1. The van der Waals surface area contributed by atoms with Crippen molar-refractivity contribution >= 4 is 54.2 Å². The van der Waals surface area contributed by atoms with Crippen LogP contribution in [0.15, 0.2) is 22.4 Å². The molecule has 0 aromatic carbocycles. The number of nitrogens with one attached hydrogen (secondary N) is 2. The van der Waals surface area contributed by atoms with E-state index in [-0.39, 0.29) is 9.34 Å².